The Labute approximate surface area is 92.6 Å². The summed E-state index contributed by atoms with van der Waals surface area (Å²) in [5.41, 5.74) is 13.6. The van der Waals surface area contributed by atoms with Crippen molar-refractivity contribution < 1.29 is 0 Å². The molecular formula is C10H11ClN4. The molecule has 0 aromatic heterocycles. The number of hydrogen-bond donors (Lipinski definition) is 2. The first-order valence-corrected chi connectivity index (χ1v) is 4.99. The summed E-state index contributed by atoms with van der Waals surface area (Å²) in [5, 5.41) is 8.41. The van der Waals surface area contributed by atoms with Crippen LogP contribution in [0.5, 0.6) is 0 Å². The van der Waals surface area contributed by atoms with Crippen molar-refractivity contribution in [3.63, 3.8) is 0 Å². The molecule has 1 aliphatic carbocycles. The van der Waals surface area contributed by atoms with Crippen molar-refractivity contribution in [2.75, 3.05) is 0 Å². The van der Waals surface area contributed by atoms with Gasteiger partial charge in [0.1, 0.15) is 0 Å². The Kier molecular flexibility index (Phi) is 2.60. The highest BCUT2D eigenvalue weighted by Crippen LogP contribution is 2.25. The molecule has 78 valence electrons. The summed E-state index contributed by atoms with van der Waals surface area (Å²) in [6.07, 6.45) is 1.79. The van der Waals surface area contributed by atoms with E-state index in [1.54, 1.807) is 0 Å². The number of rotatable bonds is 1. The first-order valence-electron chi connectivity index (χ1n) is 4.61. The summed E-state index contributed by atoms with van der Waals surface area (Å²) in [6, 6.07) is 5.75. The van der Waals surface area contributed by atoms with Crippen LogP contribution in [0.2, 0.25) is 5.02 Å². The van der Waals surface area contributed by atoms with Crippen molar-refractivity contribution in [1.82, 2.24) is 0 Å². The molecule has 0 atom stereocenters. The summed E-state index contributed by atoms with van der Waals surface area (Å²) in [5.74, 6) is -0.0232. The lowest BCUT2D eigenvalue weighted by Crippen LogP contribution is -2.22. The molecule has 0 saturated heterocycles. The zero-order chi connectivity index (χ0) is 10.8. The van der Waals surface area contributed by atoms with Gasteiger partial charge < -0.3 is 11.5 Å². The van der Waals surface area contributed by atoms with Gasteiger partial charge in [-0.25, -0.2) is 0 Å². The van der Waals surface area contributed by atoms with E-state index >= 15 is 0 Å². The van der Waals surface area contributed by atoms with Crippen molar-refractivity contribution in [2.45, 2.75) is 12.8 Å². The second-order valence-electron chi connectivity index (χ2n) is 3.37. The standard InChI is InChI=1S/C10H11ClN4/c11-7-2-3-8-6(5-7)1-4-9(8)14-15-10(12)13/h2-3,5H,1,4H2,(H4,12,13,15)/b14-9-. The molecule has 0 unspecified atom stereocenters. The third-order valence-electron chi connectivity index (χ3n) is 2.30. The van der Waals surface area contributed by atoms with Crippen LogP contribution >= 0.6 is 11.6 Å². The quantitative estimate of drug-likeness (QED) is 0.426. The summed E-state index contributed by atoms with van der Waals surface area (Å²) < 4.78 is 0. The molecule has 1 aromatic carbocycles. The van der Waals surface area contributed by atoms with Crippen molar-refractivity contribution in [3.8, 4) is 0 Å². The van der Waals surface area contributed by atoms with E-state index in [9.17, 15) is 0 Å². The Morgan fingerprint density at radius 1 is 1.27 bits per heavy atom. The van der Waals surface area contributed by atoms with E-state index in [4.69, 9.17) is 23.1 Å². The number of nitrogens with two attached hydrogens (primary N) is 2. The molecule has 2 rings (SSSR count). The van der Waals surface area contributed by atoms with Crippen molar-refractivity contribution in [2.24, 2.45) is 21.7 Å². The molecule has 0 fully saturated rings. The number of benzene rings is 1. The van der Waals surface area contributed by atoms with E-state index < -0.39 is 0 Å². The highest BCUT2D eigenvalue weighted by Gasteiger charge is 2.17. The summed E-state index contributed by atoms with van der Waals surface area (Å²) in [7, 11) is 0. The van der Waals surface area contributed by atoms with Crippen LogP contribution in [0.4, 0.5) is 0 Å². The Bertz CT molecular complexity index is 447. The molecule has 5 heteroatoms. The fraction of sp³-hybridized carbons (Fsp3) is 0.200. The molecule has 0 spiro atoms. The van der Waals surface area contributed by atoms with E-state index in [0.29, 0.717) is 0 Å². The zero-order valence-electron chi connectivity index (χ0n) is 8.07. The van der Waals surface area contributed by atoms with Crippen LogP contribution in [0.15, 0.2) is 28.4 Å². The maximum absolute atomic E-state index is 5.89. The summed E-state index contributed by atoms with van der Waals surface area (Å²) in [4.78, 5) is 0. The Hall–Kier alpha value is -1.55. The van der Waals surface area contributed by atoms with E-state index in [-0.39, 0.29) is 5.96 Å². The van der Waals surface area contributed by atoms with Crippen LogP contribution in [0.1, 0.15) is 17.5 Å². The molecule has 0 amide bonds. The van der Waals surface area contributed by atoms with Gasteiger partial charge in [-0.05, 0) is 30.5 Å². The average molecular weight is 223 g/mol. The van der Waals surface area contributed by atoms with Crippen LogP contribution in [-0.2, 0) is 6.42 Å². The highest BCUT2D eigenvalue weighted by molar-refractivity contribution is 6.30. The zero-order valence-corrected chi connectivity index (χ0v) is 8.83. The molecule has 1 aromatic rings. The smallest absolute Gasteiger partial charge is 0.211 e. The van der Waals surface area contributed by atoms with Gasteiger partial charge in [-0.15, -0.1) is 5.10 Å². The second-order valence-corrected chi connectivity index (χ2v) is 3.81. The van der Waals surface area contributed by atoms with Crippen molar-refractivity contribution >= 4 is 23.3 Å². The molecule has 0 radical (unpaired) electrons. The number of fused-ring (bicyclic) bond motifs is 1. The molecule has 4 N–H and O–H groups in total. The third kappa shape index (κ3) is 2.10. The molecule has 15 heavy (non-hydrogen) atoms. The van der Waals surface area contributed by atoms with Gasteiger partial charge in [0.05, 0.1) is 5.71 Å². The van der Waals surface area contributed by atoms with Gasteiger partial charge in [0, 0.05) is 10.6 Å². The number of halogens is 1. The normalized spacial score (nSPS) is 16.5. The van der Waals surface area contributed by atoms with Gasteiger partial charge in [-0.2, -0.15) is 5.10 Å². The Balaban J connectivity index is 2.37. The summed E-state index contributed by atoms with van der Waals surface area (Å²) >= 11 is 5.89. The first-order chi connectivity index (χ1) is 7.16. The minimum absolute atomic E-state index is 0.0232. The fourth-order valence-electron chi connectivity index (χ4n) is 1.66. The van der Waals surface area contributed by atoms with Crippen LogP contribution in [-0.4, -0.2) is 11.7 Å². The molecular weight excluding hydrogens is 212 g/mol. The number of guanidine groups is 1. The number of aryl methyl sites for hydroxylation is 1. The third-order valence-corrected chi connectivity index (χ3v) is 2.53. The van der Waals surface area contributed by atoms with Crippen LogP contribution in [0.25, 0.3) is 0 Å². The predicted octanol–water partition coefficient (Wildman–Crippen LogP) is 1.26. The van der Waals surface area contributed by atoms with Gasteiger partial charge >= 0.3 is 0 Å². The fourth-order valence-corrected chi connectivity index (χ4v) is 1.86. The van der Waals surface area contributed by atoms with E-state index in [1.807, 2.05) is 18.2 Å². The Morgan fingerprint density at radius 3 is 2.80 bits per heavy atom. The van der Waals surface area contributed by atoms with Gasteiger partial charge in [0.25, 0.3) is 0 Å². The Morgan fingerprint density at radius 2 is 2.07 bits per heavy atom. The molecule has 0 saturated carbocycles. The van der Waals surface area contributed by atoms with E-state index in [1.165, 1.54) is 5.56 Å². The molecule has 4 nitrogen and oxygen atoms in total. The van der Waals surface area contributed by atoms with Crippen LogP contribution < -0.4 is 11.5 Å². The van der Waals surface area contributed by atoms with E-state index in [2.05, 4.69) is 10.2 Å². The SMILES string of the molecule is NC(N)=N/N=C1/CCc2cc(Cl)ccc21. The lowest BCUT2D eigenvalue weighted by molar-refractivity contribution is 1.08. The topological polar surface area (TPSA) is 76.8 Å². The maximum atomic E-state index is 5.89. The van der Waals surface area contributed by atoms with Gasteiger partial charge in [0.15, 0.2) is 0 Å². The van der Waals surface area contributed by atoms with E-state index in [0.717, 1.165) is 29.1 Å². The second kappa shape index (κ2) is 3.90. The highest BCUT2D eigenvalue weighted by atomic mass is 35.5. The molecule has 0 aliphatic heterocycles. The van der Waals surface area contributed by atoms with Crippen molar-refractivity contribution in [3.05, 3.63) is 34.3 Å². The lowest BCUT2D eigenvalue weighted by Gasteiger charge is -1.98. The van der Waals surface area contributed by atoms with Crippen LogP contribution in [0, 0.1) is 0 Å². The average Bonchev–Trinajstić information content (AvgIpc) is 2.57. The largest absolute Gasteiger partial charge is 0.369 e. The molecule has 0 heterocycles. The first kappa shape index (κ1) is 9.98. The van der Waals surface area contributed by atoms with Gasteiger partial charge in [-0.3, -0.25) is 0 Å². The number of nitrogens with zero attached hydrogens (tertiary/aromatic N) is 2. The molecule has 1 aliphatic rings. The number of hydrogen-bond acceptors (Lipinski definition) is 2. The minimum Gasteiger partial charge on any atom is -0.369 e. The van der Waals surface area contributed by atoms with Crippen LogP contribution in [0.3, 0.4) is 0 Å². The van der Waals surface area contributed by atoms with Gasteiger partial charge in [0.2, 0.25) is 5.96 Å². The minimum atomic E-state index is -0.0232. The lowest BCUT2D eigenvalue weighted by atomic mass is 10.1. The summed E-state index contributed by atoms with van der Waals surface area (Å²) in [6.45, 7) is 0. The predicted molar refractivity (Wildman–Crippen MR) is 62.1 cm³/mol. The maximum Gasteiger partial charge on any atom is 0.211 e. The molecule has 0 bridgehead atoms. The monoisotopic (exact) mass is 222 g/mol. The van der Waals surface area contributed by atoms with Gasteiger partial charge in [-0.1, -0.05) is 17.7 Å². The van der Waals surface area contributed by atoms with Crippen molar-refractivity contribution in [1.29, 1.82) is 0 Å².